The number of furan rings is 1. The lowest BCUT2D eigenvalue weighted by molar-refractivity contribution is 0.453. The SMILES string of the molecule is NNC(Cc1ccco1)c1ccc(F)cc1Br. The molecule has 0 saturated heterocycles. The Labute approximate surface area is 107 Å². The van der Waals surface area contributed by atoms with Gasteiger partial charge in [-0.15, -0.1) is 0 Å². The van der Waals surface area contributed by atoms with Gasteiger partial charge in [0.05, 0.1) is 12.3 Å². The topological polar surface area (TPSA) is 51.2 Å². The van der Waals surface area contributed by atoms with Gasteiger partial charge in [-0.25, -0.2) is 4.39 Å². The van der Waals surface area contributed by atoms with Gasteiger partial charge in [-0.05, 0) is 29.8 Å². The molecular formula is C12H12BrFN2O. The molecule has 3 nitrogen and oxygen atoms in total. The van der Waals surface area contributed by atoms with Crippen LogP contribution in [0, 0.1) is 5.82 Å². The molecule has 0 fully saturated rings. The van der Waals surface area contributed by atoms with E-state index in [0.717, 1.165) is 11.3 Å². The summed E-state index contributed by atoms with van der Waals surface area (Å²) in [4.78, 5) is 0. The number of hydrogen-bond acceptors (Lipinski definition) is 3. The number of hydrazine groups is 1. The Kier molecular flexibility index (Phi) is 3.93. The second-order valence-electron chi connectivity index (χ2n) is 3.67. The fourth-order valence-electron chi connectivity index (χ4n) is 1.67. The van der Waals surface area contributed by atoms with Gasteiger partial charge in [-0.3, -0.25) is 11.3 Å². The molecule has 1 aromatic carbocycles. The van der Waals surface area contributed by atoms with Crippen molar-refractivity contribution >= 4 is 15.9 Å². The number of halogens is 2. The molecule has 1 atom stereocenters. The van der Waals surface area contributed by atoms with Crippen LogP contribution in [0.3, 0.4) is 0 Å². The van der Waals surface area contributed by atoms with Crippen LogP contribution in [-0.4, -0.2) is 0 Å². The zero-order chi connectivity index (χ0) is 12.3. The van der Waals surface area contributed by atoms with Gasteiger partial charge in [0, 0.05) is 10.9 Å². The van der Waals surface area contributed by atoms with E-state index >= 15 is 0 Å². The molecule has 0 amide bonds. The quantitative estimate of drug-likeness (QED) is 0.674. The highest BCUT2D eigenvalue weighted by Gasteiger charge is 2.15. The zero-order valence-corrected chi connectivity index (χ0v) is 10.6. The number of hydrogen-bond donors (Lipinski definition) is 2. The smallest absolute Gasteiger partial charge is 0.124 e. The maximum atomic E-state index is 13.0. The van der Waals surface area contributed by atoms with Crippen molar-refractivity contribution in [1.82, 2.24) is 5.43 Å². The standard InChI is InChI=1S/C12H12BrFN2O/c13-11-6-8(14)3-4-10(11)12(16-15)7-9-2-1-5-17-9/h1-6,12,16H,7,15H2. The predicted octanol–water partition coefficient (Wildman–Crippen LogP) is 2.93. The normalized spacial score (nSPS) is 12.6. The number of nitrogens with two attached hydrogens (primary N) is 1. The second-order valence-corrected chi connectivity index (χ2v) is 4.52. The first-order valence-corrected chi connectivity index (χ1v) is 5.93. The highest BCUT2D eigenvalue weighted by Crippen LogP contribution is 2.26. The van der Waals surface area contributed by atoms with Crippen LogP contribution in [0.15, 0.2) is 45.5 Å². The molecule has 0 aliphatic carbocycles. The van der Waals surface area contributed by atoms with E-state index in [1.807, 2.05) is 12.1 Å². The Morgan fingerprint density at radius 1 is 1.41 bits per heavy atom. The van der Waals surface area contributed by atoms with Gasteiger partial charge in [0.2, 0.25) is 0 Å². The molecule has 3 N–H and O–H groups in total. The summed E-state index contributed by atoms with van der Waals surface area (Å²) < 4.78 is 18.9. The Bertz CT molecular complexity index is 487. The Balaban J connectivity index is 2.23. The van der Waals surface area contributed by atoms with Gasteiger partial charge < -0.3 is 4.42 Å². The van der Waals surface area contributed by atoms with Gasteiger partial charge in [-0.1, -0.05) is 22.0 Å². The van der Waals surface area contributed by atoms with Crippen LogP contribution >= 0.6 is 15.9 Å². The maximum Gasteiger partial charge on any atom is 0.124 e. The molecular weight excluding hydrogens is 287 g/mol. The fraction of sp³-hybridized carbons (Fsp3) is 0.167. The van der Waals surface area contributed by atoms with Crippen molar-refractivity contribution in [2.24, 2.45) is 5.84 Å². The van der Waals surface area contributed by atoms with Crippen LogP contribution in [0.4, 0.5) is 4.39 Å². The molecule has 5 heteroatoms. The third-order valence-electron chi connectivity index (χ3n) is 2.52. The Hall–Kier alpha value is -1.17. The van der Waals surface area contributed by atoms with Gasteiger partial charge >= 0.3 is 0 Å². The minimum absolute atomic E-state index is 0.129. The third kappa shape index (κ3) is 2.94. The summed E-state index contributed by atoms with van der Waals surface area (Å²) in [6.45, 7) is 0. The molecule has 2 aromatic rings. The highest BCUT2D eigenvalue weighted by atomic mass is 79.9. The van der Waals surface area contributed by atoms with Crippen LogP contribution in [-0.2, 0) is 6.42 Å². The average Bonchev–Trinajstić information content (AvgIpc) is 2.79. The van der Waals surface area contributed by atoms with Crippen molar-refractivity contribution in [2.45, 2.75) is 12.5 Å². The molecule has 0 bridgehead atoms. The second kappa shape index (κ2) is 5.44. The first-order chi connectivity index (χ1) is 8.20. The summed E-state index contributed by atoms with van der Waals surface area (Å²) in [6, 6.07) is 8.10. The summed E-state index contributed by atoms with van der Waals surface area (Å²) in [5, 5.41) is 0. The van der Waals surface area contributed by atoms with Crippen molar-refractivity contribution in [2.75, 3.05) is 0 Å². The van der Waals surface area contributed by atoms with E-state index in [1.165, 1.54) is 12.1 Å². The molecule has 0 aliphatic heterocycles. The van der Waals surface area contributed by atoms with Crippen molar-refractivity contribution in [3.05, 3.63) is 58.2 Å². The minimum atomic E-state index is -0.283. The number of nitrogens with one attached hydrogen (secondary N) is 1. The largest absolute Gasteiger partial charge is 0.469 e. The lowest BCUT2D eigenvalue weighted by Gasteiger charge is -2.16. The summed E-state index contributed by atoms with van der Waals surface area (Å²) in [5.41, 5.74) is 3.60. The summed E-state index contributed by atoms with van der Waals surface area (Å²) in [7, 11) is 0. The fourth-order valence-corrected chi connectivity index (χ4v) is 2.30. The van der Waals surface area contributed by atoms with Crippen molar-refractivity contribution in [3.8, 4) is 0 Å². The lowest BCUT2D eigenvalue weighted by Crippen LogP contribution is -2.29. The van der Waals surface area contributed by atoms with Gasteiger partial charge in [0.25, 0.3) is 0 Å². The van der Waals surface area contributed by atoms with Crippen LogP contribution < -0.4 is 11.3 Å². The van der Waals surface area contributed by atoms with Gasteiger partial charge in [0.15, 0.2) is 0 Å². The first kappa shape index (κ1) is 12.3. The average molecular weight is 299 g/mol. The van der Waals surface area contributed by atoms with E-state index < -0.39 is 0 Å². The third-order valence-corrected chi connectivity index (χ3v) is 3.21. The van der Waals surface area contributed by atoms with Crippen LogP contribution in [0.25, 0.3) is 0 Å². The monoisotopic (exact) mass is 298 g/mol. The molecule has 90 valence electrons. The molecule has 1 aromatic heterocycles. The Morgan fingerprint density at radius 3 is 2.82 bits per heavy atom. The van der Waals surface area contributed by atoms with E-state index in [4.69, 9.17) is 10.3 Å². The molecule has 1 unspecified atom stereocenters. The molecule has 0 radical (unpaired) electrons. The van der Waals surface area contributed by atoms with Crippen LogP contribution in [0.1, 0.15) is 17.4 Å². The highest BCUT2D eigenvalue weighted by molar-refractivity contribution is 9.10. The molecule has 0 saturated carbocycles. The summed E-state index contributed by atoms with van der Waals surface area (Å²) in [6.07, 6.45) is 2.22. The first-order valence-electron chi connectivity index (χ1n) is 5.14. The Morgan fingerprint density at radius 2 is 2.24 bits per heavy atom. The summed E-state index contributed by atoms with van der Waals surface area (Å²) in [5.74, 6) is 6.06. The van der Waals surface area contributed by atoms with E-state index in [1.54, 1.807) is 12.3 Å². The number of benzene rings is 1. The van der Waals surface area contributed by atoms with Crippen molar-refractivity contribution < 1.29 is 8.81 Å². The van der Waals surface area contributed by atoms with Gasteiger partial charge in [-0.2, -0.15) is 0 Å². The van der Waals surface area contributed by atoms with Crippen LogP contribution in [0.2, 0.25) is 0 Å². The predicted molar refractivity (Wildman–Crippen MR) is 66.6 cm³/mol. The molecule has 17 heavy (non-hydrogen) atoms. The molecule has 2 rings (SSSR count). The lowest BCUT2D eigenvalue weighted by atomic mass is 10.0. The molecule has 1 heterocycles. The van der Waals surface area contributed by atoms with E-state index in [0.29, 0.717) is 10.9 Å². The van der Waals surface area contributed by atoms with Crippen molar-refractivity contribution in [1.29, 1.82) is 0 Å². The van der Waals surface area contributed by atoms with E-state index in [-0.39, 0.29) is 11.9 Å². The summed E-state index contributed by atoms with van der Waals surface area (Å²) >= 11 is 3.33. The van der Waals surface area contributed by atoms with Gasteiger partial charge in [0.1, 0.15) is 11.6 Å². The minimum Gasteiger partial charge on any atom is -0.469 e. The van der Waals surface area contributed by atoms with Crippen molar-refractivity contribution in [3.63, 3.8) is 0 Å². The maximum absolute atomic E-state index is 13.0. The zero-order valence-electron chi connectivity index (χ0n) is 8.99. The van der Waals surface area contributed by atoms with Crippen LogP contribution in [0.5, 0.6) is 0 Å². The molecule has 0 aliphatic rings. The molecule has 0 spiro atoms. The van der Waals surface area contributed by atoms with E-state index in [9.17, 15) is 4.39 Å². The van der Waals surface area contributed by atoms with E-state index in [2.05, 4.69) is 21.4 Å². The number of rotatable bonds is 4.